The van der Waals surface area contributed by atoms with Crippen LogP contribution in [0.25, 0.3) is 0 Å². The number of hydrogen-bond donors (Lipinski definition) is 2. The largest absolute Gasteiger partial charge is 0.497 e. The first kappa shape index (κ1) is 15.6. The Bertz CT molecular complexity index is 655. The number of aromatic nitrogens is 2. The molecule has 0 spiro atoms. The summed E-state index contributed by atoms with van der Waals surface area (Å²) in [6.45, 7) is 3.81. The van der Waals surface area contributed by atoms with Crippen molar-refractivity contribution in [1.29, 1.82) is 0 Å². The van der Waals surface area contributed by atoms with Gasteiger partial charge in [0, 0.05) is 23.1 Å². The quantitative estimate of drug-likeness (QED) is 0.654. The summed E-state index contributed by atoms with van der Waals surface area (Å²) in [5, 5.41) is 0.666. The van der Waals surface area contributed by atoms with Crippen LogP contribution in [0, 0.1) is 6.92 Å². The van der Waals surface area contributed by atoms with Gasteiger partial charge in [-0.15, -0.1) is 0 Å². The van der Waals surface area contributed by atoms with E-state index in [-0.39, 0.29) is 16.9 Å². The van der Waals surface area contributed by atoms with E-state index in [1.54, 1.807) is 14.0 Å². The van der Waals surface area contributed by atoms with Crippen LogP contribution in [0.15, 0.2) is 40.3 Å². The molecule has 0 fully saturated rings. The third-order valence-corrected chi connectivity index (χ3v) is 4.23. The lowest BCUT2D eigenvalue weighted by atomic mass is 10.1. The van der Waals surface area contributed by atoms with Gasteiger partial charge in [0.2, 0.25) is 0 Å². The molecule has 0 aliphatic rings. The topological polar surface area (TPSA) is 81.0 Å². The molecule has 1 heterocycles. The molecule has 21 heavy (non-hydrogen) atoms. The van der Waals surface area contributed by atoms with E-state index in [9.17, 15) is 4.79 Å². The first-order chi connectivity index (χ1) is 9.99. The van der Waals surface area contributed by atoms with Crippen molar-refractivity contribution < 1.29 is 4.74 Å². The molecule has 2 aromatic rings. The molecular weight excluding hydrogens is 286 g/mol. The molecule has 112 valence electrons. The summed E-state index contributed by atoms with van der Waals surface area (Å²) in [4.78, 5) is 18.5. The number of hydrogen-bond acceptors (Lipinski definition) is 5. The molecule has 5 nitrogen and oxygen atoms in total. The molecule has 1 aromatic heterocycles. The first-order valence-electron chi connectivity index (χ1n) is 6.63. The second-order valence-corrected chi connectivity index (χ2v) is 6.18. The van der Waals surface area contributed by atoms with Crippen LogP contribution in [-0.4, -0.2) is 22.3 Å². The first-order valence-corrected chi connectivity index (χ1v) is 7.51. The highest BCUT2D eigenvalue weighted by Gasteiger charge is 2.17. The van der Waals surface area contributed by atoms with Crippen molar-refractivity contribution in [2.75, 3.05) is 7.11 Å². The van der Waals surface area contributed by atoms with Gasteiger partial charge in [0.25, 0.3) is 5.56 Å². The number of nitrogens with one attached hydrogen (secondary N) is 1. The molecule has 3 N–H and O–H groups in total. The third kappa shape index (κ3) is 4.09. The van der Waals surface area contributed by atoms with Crippen LogP contribution in [0.1, 0.15) is 24.2 Å². The summed E-state index contributed by atoms with van der Waals surface area (Å²) >= 11 is 1.46. The average Bonchev–Trinajstić information content (AvgIpc) is 2.45. The van der Waals surface area contributed by atoms with Gasteiger partial charge in [-0.2, -0.15) is 0 Å². The van der Waals surface area contributed by atoms with Crippen molar-refractivity contribution in [2.45, 2.75) is 30.3 Å². The van der Waals surface area contributed by atoms with E-state index in [1.165, 1.54) is 17.8 Å². The zero-order valence-electron chi connectivity index (χ0n) is 12.3. The molecule has 0 radical (unpaired) electrons. The van der Waals surface area contributed by atoms with Gasteiger partial charge in [-0.25, -0.2) is 4.98 Å². The predicted octanol–water partition coefficient (Wildman–Crippen LogP) is 2.27. The second-order valence-electron chi connectivity index (χ2n) is 4.81. The van der Waals surface area contributed by atoms with Gasteiger partial charge < -0.3 is 15.5 Å². The van der Waals surface area contributed by atoms with Crippen LogP contribution in [0.2, 0.25) is 0 Å². The number of ether oxygens (including phenoxy) is 1. The number of H-pyrrole nitrogens is 1. The molecule has 2 atom stereocenters. The van der Waals surface area contributed by atoms with Crippen molar-refractivity contribution >= 4 is 11.8 Å². The van der Waals surface area contributed by atoms with Gasteiger partial charge in [-0.1, -0.05) is 30.8 Å². The average molecular weight is 305 g/mol. The van der Waals surface area contributed by atoms with Gasteiger partial charge in [0.15, 0.2) is 5.16 Å². The van der Waals surface area contributed by atoms with Crippen molar-refractivity contribution in [3.63, 3.8) is 0 Å². The van der Waals surface area contributed by atoms with Crippen molar-refractivity contribution in [2.24, 2.45) is 5.73 Å². The zero-order valence-corrected chi connectivity index (χ0v) is 13.1. The minimum absolute atomic E-state index is 0.0725. The predicted molar refractivity (Wildman–Crippen MR) is 84.8 cm³/mol. The molecule has 0 aliphatic carbocycles. The third-order valence-electron chi connectivity index (χ3n) is 3.15. The van der Waals surface area contributed by atoms with Crippen LogP contribution >= 0.6 is 11.8 Å². The fourth-order valence-corrected chi connectivity index (χ4v) is 2.97. The number of nitrogens with two attached hydrogens (primary N) is 1. The lowest BCUT2D eigenvalue weighted by Crippen LogP contribution is -2.22. The van der Waals surface area contributed by atoms with Gasteiger partial charge in [-0.3, -0.25) is 4.79 Å². The van der Waals surface area contributed by atoms with E-state index in [4.69, 9.17) is 10.5 Å². The highest BCUT2D eigenvalue weighted by atomic mass is 32.2. The van der Waals surface area contributed by atoms with Gasteiger partial charge in [0.1, 0.15) is 5.75 Å². The summed E-state index contributed by atoms with van der Waals surface area (Å²) in [6, 6.07) is 8.99. The van der Waals surface area contributed by atoms with Crippen LogP contribution in [0.5, 0.6) is 5.75 Å². The smallest absolute Gasteiger partial charge is 0.251 e. The van der Waals surface area contributed by atoms with Crippen molar-refractivity contribution in [3.8, 4) is 5.75 Å². The Morgan fingerprint density at radius 3 is 2.57 bits per heavy atom. The molecular formula is C15H19N3O2S. The highest BCUT2D eigenvalue weighted by Crippen LogP contribution is 2.28. The van der Waals surface area contributed by atoms with Gasteiger partial charge in [-0.05, 0) is 24.6 Å². The molecule has 0 amide bonds. The van der Waals surface area contributed by atoms with Gasteiger partial charge >= 0.3 is 0 Å². The monoisotopic (exact) mass is 305 g/mol. The SMILES string of the molecule is COc1ccc(C(N)C(C)Sc2nc(C)cc(=O)[nH]2)cc1. The Labute approximate surface area is 127 Å². The molecule has 0 saturated carbocycles. The molecule has 0 aliphatic heterocycles. The van der Waals surface area contributed by atoms with Crippen LogP contribution in [0.4, 0.5) is 0 Å². The molecule has 1 aromatic carbocycles. The lowest BCUT2D eigenvalue weighted by Gasteiger charge is -2.19. The Morgan fingerprint density at radius 2 is 2.00 bits per heavy atom. The Balaban J connectivity index is 2.10. The number of methoxy groups -OCH3 is 1. The van der Waals surface area contributed by atoms with Gasteiger partial charge in [0.05, 0.1) is 7.11 Å². The van der Waals surface area contributed by atoms with E-state index in [2.05, 4.69) is 9.97 Å². The zero-order chi connectivity index (χ0) is 15.4. The lowest BCUT2D eigenvalue weighted by molar-refractivity contribution is 0.414. The number of aromatic amines is 1. The Kier molecular flexibility index (Phi) is 5.03. The fraction of sp³-hybridized carbons (Fsp3) is 0.333. The van der Waals surface area contributed by atoms with Crippen LogP contribution in [-0.2, 0) is 0 Å². The number of thioether (sulfide) groups is 1. The molecule has 0 saturated heterocycles. The minimum Gasteiger partial charge on any atom is -0.497 e. The van der Waals surface area contributed by atoms with Crippen molar-refractivity contribution in [1.82, 2.24) is 9.97 Å². The Morgan fingerprint density at radius 1 is 1.33 bits per heavy atom. The fourth-order valence-electron chi connectivity index (χ4n) is 1.95. The van der Waals surface area contributed by atoms with E-state index < -0.39 is 0 Å². The molecule has 6 heteroatoms. The normalized spacial score (nSPS) is 13.7. The highest BCUT2D eigenvalue weighted by molar-refractivity contribution is 7.99. The standard InChI is InChI=1S/C15H19N3O2S/c1-9-8-13(19)18-15(17-9)21-10(2)14(16)11-4-6-12(20-3)7-5-11/h4-8,10,14H,16H2,1-3H3,(H,17,18,19). The number of nitrogens with zero attached hydrogens (tertiary/aromatic N) is 1. The second kappa shape index (κ2) is 6.78. The molecule has 2 rings (SSSR count). The number of rotatable bonds is 5. The summed E-state index contributed by atoms with van der Waals surface area (Å²) < 4.78 is 5.14. The summed E-state index contributed by atoms with van der Waals surface area (Å²) in [5.41, 5.74) is 7.85. The van der Waals surface area contributed by atoms with E-state index in [1.807, 2.05) is 31.2 Å². The van der Waals surface area contributed by atoms with Crippen LogP contribution in [0.3, 0.4) is 0 Å². The minimum atomic E-state index is -0.160. The Hall–Kier alpha value is -1.79. The van der Waals surface area contributed by atoms with E-state index >= 15 is 0 Å². The maximum absolute atomic E-state index is 11.4. The van der Waals surface area contributed by atoms with Crippen LogP contribution < -0.4 is 16.0 Å². The summed E-state index contributed by atoms with van der Waals surface area (Å²) in [6.07, 6.45) is 0. The molecule has 0 bridgehead atoms. The maximum atomic E-state index is 11.4. The number of benzene rings is 1. The van der Waals surface area contributed by atoms with E-state index in [0.717, 1.165) is 11.3 Å². The van der Waals surface area contributed by atoms with Crippen molar-refractivity contribution in [3.05, 3.63) is 51.9 Å². The summed E-state index contributed by atoms with van der Waals surface area (Å²) in [7, 11) is 1.63. The maximum Gasteiger partial charge on any atom is 0.251 e. The number of aryl methyl sites for hydroxylation is 1. The summed E-state index contributed by atoms with van der Waals surface area (Å²) in [5.74, 6) is 0.802. The van der Waals surface area contributed by atoms with E-state index in [0.29, 0.717) is 10.9 Å². The molecule has 2 unspecified atom stereocenters.